The first-order valence-corrected chi connectivity index (χ1v) is 8.47. The molecule has 0 aliphatic carbocycles. The SMILES string of the molecule is CC(=O)c1ccc(OC(C)C)c(N=c2oc(CO)cc3ccccc23)c1. The Balaban J connectivity index is 2.28. The van der Waals surface area contributed by atoms with E-state index in [0.717, 1.165) is 10.8 Å². The fourth-order valence-electron chi connectivity index (χ4n) is 2.65. The molecule has 0 unspecified atom stereocenters. The van der Waals surface area contributed by atoms with E-state index in [1.54, 1.807) is 24.3 Å². The molecule has 0 saturated carbocycles. The van der Waals surface area contributed by atoms with Crippen molar-refractivity contribution in [3.8, 4) is 5.75 Å². The van der Waals surface area contributed by atoms with E-state index in [1.165, 1.54) is 6.92 Å². The van der Waals surface area contributed by atoms with E-state index in [1.807, 2.05) is 38.1 Å². The zero-order chi connectivity index (χ0) is 18.7. The summed E-state index contributed by atoms with van der Waals surface area (Å²) in [7, 11) is 0. The Kier molecular flexibility index (Phi) is 5.19. The molecular weight excluding hydrogens is 330 g/mol. The summed E-state index contributed by atoms with van der Waals surface area (Å²) >= 11 is 0. The summed E-state index contributed by atoms with van der Waals surface area (Å²) in [4.78, 5) is 16.4. The predicted octanol–water partition coefficient (Wildman–Crippen LogP) is 4.15. The van der Waals surface area contributed by atoms with Gasteiger partial charge < -0.3 is 14.3 Å². The summed E-state index contributed by atoms with van der Waals surface area (Å²) in [5.74, 6) is 0.929. The maximum atomic E-state index is 11.8. The molecule has 1 aromatic heterocycles. The molecule has 0 bridgehead atoms. The number of hydrogen-bond donors (Lipinski definition) is 1. The van der Waals surface area contributed by atoms with Gasteiger partial charge in [0.25, 0.3) is 0 Å². The van der Waals surface area contributed by atoms with Crippen molar-refractivity contribution in [3.05, 3.63) is 65.4 Å². The third-order valence-electron chi connectivity index (χ3n) is 3.84. The third kappa shape index (κ3) is 3.83. The molecule has 5 heteroatoms. The van der Waals surface area contributed by atoms with Crippen LogP contribution in [0.4, 0.5) is 5.69 Å². The van der Waals surface area contributed by atoms with Crippen LogP contribution in [0.15, 0.2) is 57.9 Å². The minimum Gasteiger partial charge on any atom is -0.489 e. The molecule has 0 fully saturated rings. The van der Waals surface area contributed by atoms with Gasteiger partial charge in [0.15, 0.2) is 5.78 Å². The molecular formula is C21H21NO4. The van der Waals surface area contributed by atoms with Crippen LogP contribution in [-0.2, 0) is 6.61 Å². The lowest BCUT2D eigenvalue weighted by Gasteiger charge is -2.12. The van der Waals surface area contributed by atoms with Crippen LogP contribution < -0.4 is 10.3 Å². The Hall–Kier alpha value is -2.92. The summed E-state index contributed by atoms with van der Waals surface area (Å²) in [5, 5.41) is 11.2. The van der Waals surface area contributed by atoms with Crippen LogP contribution in [0.25, 0.3) is 10.8 Å². The minimum absolute atomic E-state index is 0.0374. The second-order valence-corrected chi connectivity index (χ2v) is 6.28. The van der Waals surface area contributed by atoms with Crippen molar-refractivity contribution in [3.63, 3.8) is 0 Å². The number of hydrogen-bond acceptors (Lipinski definition) is 5. The Morgan fingerprint density at radius 1 is 1.19 bits per heavy atom. The van der Waals surface area contributed by atoms with Crippen LogP contribution in [0, 0.1) is 0 Å². The summed E-state index contributed by atoms with van der Waals surface area (Å²) in [6, 6.07) is 14.6. The number of carbonyl (C=O) groups excluding carboxylic acids is 1. The lowest BCUT2D eigenvalue weighted by atomic mass is 10.1. The topological polar surface area (TPSA) is 72.0 Å². The number of Topliss-reactive ketones (excluding diaryl/α,β-unsaturated/α-hetero) is 1. The van der Waals surface area contributed by atoms with Gasteiger partial charge in [0.05, 0.1) is 6.10 Å². The lowest BCUT2D eigenvalue weighted by Crippen LogP contribution is -2.08. The normalized spacial score (nSPS) is 12.0. The average Bonchev–Trinajstić information content (AvgIpc) is 2.62. The molecule has 0 atom stereocenters. The number of ketones is 1. The first-order valence-electron chi connectivity index (χ1n) is 8.47. The highest BCUT2D eigenvalue weighted by Gasteiger charge is 2.10. The van der Waals surface area contributed by atoms with Gasteiger partial charge in [0, 0.05) is 10.9 Å². The number of fused-ring (bicyclic) bond motifs is 1. The Morgan fingerprint density at radius 2 is 1.96 bits per heavy atom. The molecule has 3 aromatic rings. The van der Waals surface area contributed by atoms with E-state index < -0.39 is 0 Å². The van der Waals surface area contributed by atoms with Gasteiger partial charge in [-0.05, 0) is 56.5 Å². The summed E-state index contributed by atoms with van der Waals surface area (Å²) in [6.07, 6.45) is -0.0374. The van der Waals surface area contributed by atoms with E-state index in [2.05, 4.69) is 4.99 Å². The molecule has 134 valence electrons. The van der Waals surface area contributed by atoms with Gasteiger partial charge in [-0.1, -0.05) is 18.2 Å². The van der Waals surface area contributed by atoms with E-state index in [9.17, 15) is 9.90 Å². The fraction of sp³-hybridized carbons (Fsp3) is 0.238. The van der Waals surface area contributed by atoms with Crippen LogP contribution in [0.3, 0.4) is 0 Å². The first kappa shape index (κ1) is 17.9. The molecule has 2 aromatic carbocycles. The van der Waals surface area contributed by atoms with Crippen LogP contribution >= 0.6 is 0 Å². The van der Waals surface area contributed by atoms with Crippen LogP contribution in [-0.4, -0.2) is 17.0 Å². The van der Waals surface area contributed by atoms with Gasteiger partial charge >= 0.3 is 0 Å². The highest BCUT2D eigenvalue weighted by atomic mass is 16.5. The van der Waals surface area contributed by atoms with Crippen molar-refractivity contribution in [1.82, 2.24) is 0 Å². The van der Waals surface area contributed by atoms with Gasteiger partial charge in [0.2, 0.25) is 5.55 Å². The minimum atomic E-state index is -0.226. The highest BCUT2D eigenvalue weighted by Crippen LogP contribution is 2.30. The number of ether oxygens (including phenoxy) is 1. The Morgan fingerprint density at radius 3 is 2.65 bits per heavy atom. The third-order valence-corrected chi connectivity index (χ3v) is 3.84. The molecule has 0 aliphatic heterocycles. The number of benzene rings is 2. The molecule has 3 rings (SSSR count). The van der Waals surface area contributed by atoms with Crippen molar-refractivity contribution in [1.29, 1.82) is 0 Å². The van der Waals surface area contributed by atoms with E-state index >= 15 is 0 Å². The van der Waals surface area contributed by atoms with Gasteiger partial charge in [-0.2, -0.15) is 0 Å². The molecule has 0 aliphatic rings. The second-order valence-electron chi connectivity index (χ2n) is 6.28. The van der Waals surface area contributed by atoms with E-state index in [0.29, 0.717) is 28.3 Å². The highest BCUT2D eigenvalue weighted by molar-refractivity contribution is 5.95. The quantitative estimate of drug-likeness (QED) is 0.701. The maximum absolute atomic E-state index is 11.8. The predicted molar refractivity (Wildman–Crippen MR) is 99.6 cm³/mol. The van der Waals surface area contributed by atoms with Crippen LogP contribution in [0.2, 0.25) is 0 Å². The van der Waals surface area contributed by atoms with Gasteiger partial charge in [-0.15, -0.1) is 0 Å². The van der Waals surface area contributed by atoms with Crippen LogP contribution in [0.1, 0.15) is 36.9 Å². The summed E-state index contributed by atoms with van der Waals surface area (Å²) in [6.45, 7) is 5.13. The molecule has 26 heavy (non-hydrogen) atoms. The van der Waals surface area contributed by atoms with E-state index in [4.69, 9.17) is 9.15 Å². The molecule has 1 N–H and O–H groups in total. The van der Waals surface area contributed by atoms with E-state index in [-0.39, 0.29) is 18.5 Å². The van der Waals surface area contributed by atoms with Crippen LogP contribution in [0.5, 0.6) is 5.75 Å². The Bertz CT molecular complexity index is 1020. The zero-order valence-electron chi connectivity index (χ0n) is 15.0. The molecule has 0 radical (unpaired) electrons. The smallest absolute Gasteiger partial charge is 0.227 e. The Labute approximate surface area is 151 Å². The summed E-state index contributed by atoms with van der Waals surface area (Å²) < 4.78 is 11.6. The average molecular weight is 351 g/mol. The number of rotatable bonds is 5. The number of aliphatic hydroxyl groups is 1. The first-order chi connectivity index (χ1) is 12.5. The van der Waals surface area contributed by atoms with Gasteiger partial charge in [-0.3, -0.25) is 4.79 Å². The van der Waals surface area contributed by atoms with Gasteiger partial charge in [-0.25, -0.2) is 4.99 Å². The number of aliphatic hydroxyl groups excluding tert-OH is 1. The summed E-state index contributed by atoms with van der Waals surface area (Å²) in [5.41, 5.74) is 1.42. The molecule has 5 nitrogen and oxygen atoms in total. The molecule has 0 saturated heterocycles. The van der Waals surface area contributed by atoms with Gasteiger partial charge in [0.1, 0.15) is 23.8 Å². The van der Waals surface area contributed by atoms with Crippen molar-refractivity contribution in [2.75, 3.05) is 0 Å². The molecule has 1 heterocycles. The zero-order valence-corrected chi connectivity index (χ0v) is 15.0. The van der Waals surface area contributed by atoms with Crippen molar-refractivity contribution < 1.29 is 19.1 Å². The number of carbonyl (C=O) groups is 1. The van der Waals surface area contributed by atoms with Crippen molar-refractivity contribution >= 4 is 22.2 Å². The second kappa shape index (κ2) is 7.54. The fourth-order valence-corrected chi connectivity index (χ4v) is 2.65. The lowest BCUT2D eigenvalue weighted by molar-refractivity contribution is 0.101. The standard InChI is InChI=1S/C21H21NO4/c1-13(2)25-20-9-8-15(14(3)24)11-19(20)22-21-18-7-5-4-6-16(18)10-17(12-23)26-21/h4-11,13,23H,12H2,1-3H3. The maximum Gasteiger partial charge on any atom is 0.227 e. The molecule has 0 amide bonds. The molecule has 0 spiro atoms. The van der Waals surface area contributed by atoms with Crippen molar-refractivity contribution in [2.24, 2.45) is 4.99 Å². The monoisotopic (exact) mass is 351 g/mol. The van der Waals surface area contributed by atoms with Crippen molar-refractivity contribution in [2.45, 2.75) is 33.5 Å². The largest absolute Gasteiger partial charge is 0.489 e. The number of nitrogens with zero attached hydrogens (tertiary/aromatic N) is 1.